The van der Waals surface area contributed by atoms with Gasteiger partial charge in [-0.25, -0.2) is 0 Å². The number of H-pyrrole nitrogens is 2. The van der Waals surface area contributed by atoms with Gasteiger partial charge in [0.2, 0.25) is 0 Å². The molecule has 36 heavy (non-hydrogen) atoms. The molecule has 0 atom stereocenters. The van der Waals surface area contributed by atoms with Crippen molar-refractivity contribution in [2.24, 2.45) is 0 Å². The summed E-state index contributed by atoms with van der Waals surface area (Å²) in [4.78, 5) is 25.9. The SMILES string of the molecule is Nc1n[nH]c(-c2ccccc2)c1C(=O)Nc1ccc(NC(=O)c2c(N)n[nH]c2-c2ccccc2)cc1. The van der Waals surface area contributed by atoms with Gasteiger partial charge >= 0.3 is 0 Å². The lowest BCUT2D eigenvalue weighted by atomic mass is 10.1. The third-order valence-corrected chi connectivity index (χ3v) is 5.57. The monoisotopic (exact) mass is 478 g/mol. The molecule has 10 nitrogen and oxygen atoms in total. The number of hydrogen-bond donors (Lipinski definition) is 6. The van der Waals surface area contributed by atoms with Gasteiger partial charge in [-0.1, -0.05) is 60.7 Å². The molecule has 0 saturated carbocycles. The van der Waals surface area contributed by atoms with Crippen LogP contribution in [0.3, 0.4) is 0 Å². The van der Waals surface area contributed by atoms with E-state index in [1.165, 1.54) is 0 Å². The highest BCUT2D eigenvalue weighted by Crippen LogP contribution is 2.28. The zero-order valence-electron chi connectivity index (χ0n) is 18.9. The normalized spacial score (nSPS) is 10.7. The van der Waals surface area contributed by atoms with Crippen molar-refractivity contribution in [1.82, 2.24) is 20.4 Å². The Kier molecular flexibility index (Phi) is 5.90. The van der Waals surface area contributed by atoms with Crippen LogP contribution in [-0.2, 0) is 0 Å². The van der Waals surface area contributed by atoms with Gasteiger partial charge in [0.25, 0.3) is 11.8 Å². The number of nitrogens with one attached hydrogen (secondary N) is 4. The second-order valence-electron chi connectivity index (χ2n) is 7.94. The Morgan fingerprint density at radius 1 is 0.583 bits per heavy atom. The molecule has 0 aliphatic rings. The van der Waals surface area contributed by atoms with Gasteiger partial charge in [0.15, 0.2) is 11.6 Å². The molecule has 0 spiro atoms. The first-order valence-electron chi connectivity index (χ1n) is 11.0. The second-order valence-corrected chi connectivity index (χ2v) is 7.94. The molecule has 2 amide bonds. The number of aromatic amines is 2. The molecule has 0 aliphatic heterocycles. The Balaban J connectivity index is 1.31. The van der Waals surface area contributed by atoms with Gasteiger partial charge in [0.1, 0.15) is 11.1 Å². The quantitative estimate of drug-likeness (QED) is 0.214. The number of amides is 2. The van der Waals surface area contributed by atoms with E-state index in [9.17, 15) is 9.59 Å². The van der Waals surface area contributed by atoms with Crippen LogP contribution in [0.25, 0.3) is 22.5 Å². The molecule has 5 rings (SSSR count). The van der Waals surface area contributed by atoms with E-state index in [1.54, 1.807) is 24.3 Å². The molecule has 3 aromatic carbocycles. The van der Waals surface area contributed by atoms with E-state index >= 15 is 0 Å². The lowest BCUT2D eigenvalue weighted by Crippen LogP contribution is -2.15. The topological polar surface area (TPSA) is 168 Å². The third kappa shape index (κ3) is 4.38. The maximum atomic E-state index is 13.0. The molecule has 0 fully saturated rings. The summed E-state index contributed by atoms with van der Waals surface area (Å²) in [6.07, 6.45) is 0. The number of carbonyl (C=O) groups is 2. The summed E-state index contributed by atoms with van der Waals surface area (Å²) in [7, 11) is 0. The maximum Gasteiger partial charge on any atom is 0.261 e. The minimum Gasteiger partial charge on any atom is -0.382 e. The predicted octanol–water partition coefficient (Wildman–Crippen LogP) is 4.14. The van der Waals surface area contributed by atoms with Gasteiger partial charge in [-0.2, -0.15) is 10.2 Å². The first-order chi connectivity index (χ1) is 17.5. The molecule has 0 unspecified atom stereocenters. The van der Waals surface area contributed by atoms with E-state index in [0.29, 0.717) is 22.8 Å². The molecule has 5 aromatic rings. The van der Waals surface area contributed by atoms with E-state index in [1.807, 2.05) is 60.7 Å². The fourth-order valence-electron chi connectivity index (χ4n) is 3.82. The van der Waals surface area contributed by atoms with Gasteiger partial charge in [-0.3, -0.25) is 19.8 Å². The minimum absolute atomic E-state index is 0.0992. The van der Waals surface area contributed by atoms with E-state index in [2.05, 4.69) is 31.0 Å². The maximum absolute atomic E-state index is 13.0. The number of rotatable bonds is 6. The zero-order valence-corrected chi connectivity index (χ0v) is 18.9. The fraction of sp³-hybridized carbons (Fsp3) is 0. The fourth-order valence-corrected chi connectivity index (χ4v) is 3.82. The third-order valence-electron chi connectivity index (χ3n) is 5.57. The largest absolute Gasteiger partial charge is 0.382 e. The number of anilines is 4. The van der Waals surface area contributed by atoms with Crippen LogP contribution >= 0.6 is 0 Å². The average Bonchev–Trinajstić information content (AvgIpc) is 3.49. The number of nitrogen functional groups attached to an aromatic ring is 2. The Morgan fingerprint density at radius 3 is 1.31 bits per heavy atom. The van der Waals surface area contributed by atoms with E-state index < -0.39 is 11.8 Å². The second kappa shape index (κ2) is 9.47. The standard InChI is InChI=1S/C26H22N8O2/c27-23-19(21(31-33-23)15-7-3-1-4-8-15)25(35)29-17-11-13-18(14-12-17)30-26(36)20-22(32-34-24(20)28)16-9-5-2-6-10-16/h1-14H,(H,29,35)(H,30,36)(H3,27,31,33)(H3,28,32,34). The van der Waals surface area contributed by atoms with Gasteiger partial charge in [-0.15, -0.1) is 0 Å². The highest BCUT2D eigenvalue weighted by Gasteiger charge is 2.21. The summed E-state index contributed by atoms with van der Waals surface area (Å²) in [5.41, 5.74) is 16.1. The zero-order chi connectivity index (χ0) is 25.1. The van der Waals surface area contributed by atoms with Crippen LogP contribution in [-0.4, -0.2) is 32.2 Å². The summed E-state index contributed by atoms with van der Waals surface area (Å²) in [5, 5.41) is 19.3. The molecule has 0 saturated heterocycles. The molecule has 2 aromatic heterocycles. The number of hydrogen-bond acceptors (Lipinski definition) is 6. The lowest BCUT2D eigenvalue weighted by molar-refractivity contribution is 0.101. The van der Waals surface area contributed by atoms with Crippen molar-refractivity contribution >= 4 is 34.8 Å². The van der Waals surface area contributed by atoms with Gasteiger partial charge < -0.3 is 22.1 Å². The lowest BCUT2D eigenvalue weighted by Gasteiger charge is -2.09. The Bertz CT molecular complexity index is 1410. The Morgan fingerprint density at radius 2 is 0.944 bits per heavy atom. The van der Waals surface area contributed by atoms with Crippen molar-refractivity contribution in [2.75, 3.05) is 22.1 Å². The highest BCUT2D eigenvalue weighted by atomic mass is 16.2. The first kappa shape index (κ1) is 22.4. The van der Waals surface area contributed by atoms with Crippen molar-refractivity contribution in [3.8, 4) is 22.5 Å². The predicted molar refractivity (Wildman–Crippen MR) is 139 cm³/mol. The highest BCUT2D eigenvalue weighted by molar-refractivity contribution is 6.12. The number of nitrogens with two attached hydrogens (primary N) is 2. The van der Waals surface area contributed by atoms with Crippen LogP contribution in [0.2, 0.25) is 0 Å². The molecule has 10 heteroatoms. The minimum atomic E-state index is -0.407. The van der Waals surface area contributed by atoms with E-state index in [0.717, 1.165) is 11.1 Å². The summed E-state index contributed by atoms with van der Waals surface area (Å²) >= 11 is 0. The number of nitrogens with zero attached hydrogens (tertiary/aromatic N) is 2. The van der Waals surface area contributed by atoms with Crippen molar-refractivity contribution < 1.29 is 9.59 Å². The van der Waals surface area contributed by atoms with Gasteiger partial charge in [0, 0.05) is 22.5 Å². The van der Waals surface area contributed by atoms with Gasteiger partial charge in [-0.05, 0) is 24.3 Å². The molecule has 0 radical (unpaired) electrons. The number of benzene rings is 3. The summed E-state index contributed by atoms with van der Waals surface area (Å²) in [6.45, 7) is 0. The summed E-state index contributed by atoms with van der Waals surface area (Å²) in [6, 6.07) is 25.3. The van der Waals surface area contributed by atoms with Crippen molar-refractivity contribution in [2.45, 2.75) is 0 Å². The molecule has 0 bridgehead atoms. The van der Waals surface area contributed by atoms with Crippen LogP contribution in [0, 0.1) is 0 Å². The molecule has 0 aliphatic carbocycles. The average molecular weight is 479 g/mol. The first-order valence-corrected chi connectivity index (χ1v) is 11.0. The van der Waals surface area contributed by atoms with Gasteiger partial charge in [0.05, 0.1) is 11.4 Å². The Labute approximate surface area is 205 Å². The number of carbonyl (C=O) groups excluding carboxylic acids is 2. The molecular weight excluding hydrogens is 456 g/mol. The van der Waals surface area contributed by atoms with Crippen molar-refractivity contribution in [3.63, 3.8) is 0 Å². The molecule has 8 N–H and O–H groups in total. The van der Waals surface area contributed by atoms with Crippen LogP contribution in [0.5, 0.6) is 0 Å². The Hall–Kier alpha value is -5.38. The van der Waals surface area contributed by atoms with E-state index in [-0.39, 0.29) is 22.8 Å². The molecular formula is C26H22N8O2. The van der Waals surface area contributed by atoms with Crippen LogP contribution in [0.1, 0.15) is 20.7 Å². The number of aromatic nitrogens is 4. The molecule has 2 heterocycles. The molecule has 178 valence electrons. The van der Waals surface area contributed by atoms with E-state index in [4.69, 9.17) is 11.5 Å². The summed E-state index contributed by atoms with van der Waals surface area (Å²) < 4.78 is 0. The van der Waals surface area contributed by atoms with Crippen molar-refractivity contribution in [1.29, 1.82) is 0 Å². The van der Waals surface area contributed by atoms with Crippen molar-refractivity contribution in [3.05, 3.63) is 96.1 Å². The van der Waals surface area contributed by atoms with Crippen LogP contribution in [0.4, 0.5) is 23.0 Å². The summed E-state index contributed by atoms with van der Waals surface area (Å²) in [5.74, 6) is -0.615. The van der Waals surface area contributed by atoms with Crippen LogP contribution in [0.15, 0.2) is 84.9 Å². The van der Waals surface area contributed by atoms with Crippen LogP contribution < -0.4 is 22.1 Å². The smallest absolute Gasteiger partial charge is 0.261 e.